The van der Waals surface area contributed by atoms with Gasteiger partial charge in [-0.2, -0.15) is 5.10 Å². The smallest absolute Gasteiger partial charge is 0.244 e. The Balaban J connectivity index is 1.76. The highest BCUT2D eigenvalue weighted by atomic mass is 16.2. The maximum atomic E-state index is 13.2. The van der Waals surface area contributed by atoms with Crippen molar-refractivity contribution in [3.8, 4) is 0 Å². The van der Waals surface area contributed by atoms with Gasteiger partial charge >= 0.3 is 0 Å². The van der Waals surface area contributed by atoms with E-state index in [4.69, 9.17) is 0 Å². The van der Waals surface area contributed by atoms with Gasteiger partial charge in [0.2, 0.25) is 11.8 Å². The summed E-state index contributed by atoms with van der Waals surface area (Å²) >= 11 is 0. The number of nitrogens with one attached hydrogen (secondary N) is 1. The fourth-order valence-corrected chi connectivity index (χ4v) is 4.44. The number of nitrogens with zero attached hydrogens (tertiary/aromatic N) is 3. The second-order valence-corrected chi connectivity index (χ2v) is 9.01. The molecular weight excluding hydrogens is 404 g/mol. The summed E-state index contributed by atoms with van der Waals surface area (Å²) in [6, 6.07) is 5.27. The average molecular weight is 441 g/mol. The van der Waals surface area contributed by atoms with E-state index in [1.165, 1.54) is 32.6 Å². The van der Waals surface area contributed by atoms with Crippen LogP contribution >= 0.6 is 0 Å². The van der Waals surface area contributed by atoms with Gasteiger partial charge in [-0.1, -0.05) is 56.6 Å². The number of carbonyl (C=O) groups excluding carboxylic acids is 3. The van der Waals surface area contributed by atoms with Crippen LogP contribution in [-0.2, 0) is 16.1 Å². The maximum absolute atomic E-state index is 13.2. The van der Waals surface area contributed by atoms with Crippen molar-refractivity contribution in [3.63, 3.8) is 0 Å². The average Bonchev–Trinajstić information content (AvgIpc) is 3.11. The van der Waals surface area contributed by atoms with Crippen LogP contribution in [0.5, 0.6) is 0 Å². The van der Waals surface area contributed by atoms with Gasteiger partial charge in [-0.25, -0.2) is 0 Å². The fraction of sp³-hybridized carbons (Fsp3) is 0.600. The molecule has 32 heavy (non-hydrogen) atoms. The third-order valence-electron chi connectivity index (χ3n) is 6.39. The van der Waals surface area contributed by atoms with E-state index in [9.17, 15) is 14.4 Å². The van der Waals surface area contributed by atoms with Gasteiger partial charge in [-0.05, 0) is 31.9 Å². The number of likely N-dealkylation sites (N-methyl/N-ethyl adjacent to an activating group) is 1. The topological polar surface area (TPSA) is 84.3 Å². The van der Waals surface area contributed by atoms with Crippen molar-refractivity contribution in [2.75, 3.05) is 13.6 Å². The summed E-state index contributed by atoms with van der Waals surface area (Å²) in [6.45, 7) is 4.10. The third-order valence-corrected chi connectivity index (χ3v) is 6.39. The highest BCUT2D eigenvalue weighted by Crippen LogP contribution is 2.21. The zero-order chi connectivity index (χ0) is 23.1. The molecule has 1 aliphatic heterocycles. The van der Waals surface area contributed by atoms with Gasteiger partial charge in [-0.15, -0.1) is 0 Å². The van der Waals surface area contributed by atoms with E-state index in [1.54, 1.807) is 16.6 Å². The van der Waals surface area contributed by atoms with Crippen LogP contribution in [-0.4, -0.2) is 51.9 Å². The number of benzene rings is 1. The molecule has 2 heterocycles. The van der Waals surface area contributed by atoms with Gasteiger partial charge in [0.25, 0.3) is 0 Å². The predicted molar refractivity (Wildman–Crippen MR) is 126 cm³/mol. The largest absolute Gasteiger partial charge is 0.354 e. The number of Topliss-reactive ketones (excluding diaryl/α,β-unsaturated/α-hetero) is 1. The minimum absolute atomic E-state index is 0.00682. The van der Waals surface area contributed by atoms with Crippen molar-refractivity contribution in [2.45, 2.75) is 84.2 Å². The lowest BCUT2D eigenvalue weighted by Crippen LogP contribution is -2.48. The molecule has 1 saturated heterocycles. The Morgan fingerprint density at radius 1 is 1.09 bits per heavy atom. The Hall–Kier alpha value is -2.70. The molecule has 1 aromatic carbocycles. The van der Waals surface area contributed by atoms with Crippen LogP contribution in [0.2, 0.25) is 0 Å². The van der Waals surface area contributed by atoms with Crippen LogP contribution in [0.4, 0.5) is 0 Å². The molecule has 7 heteroatoms. The molecule has 174 valence electrons. The Bertz CT molecular complexity index is 965. The molecule has 1 aromatic heterocycles. The first-order valence-electron chi connectivity index (χ1n) is 11.9. The number of amides is 2. The molecule has 0 radical (unpaired) electrons. The fourth-order valence-electron chi connectivity index (χ4n) is 4.44. The molecule has 1 N–H and O–H groups in total. The van der Waals surface area contributed by atoms with Crippen LogP contribution < -0.4 is 5.32 Å². The van der Waals surface area contributed by atoms with Crippen molar-refractivity contribution in [3.05, 3.63) is 29.5 Å². The number of aromatic nitrogens is 2. The Kier molecular flexibility index (Phi) is 8.42. The Morgan fingerprint density at radius 3 is 2.44 bits per heavy atom. The molecule has 2 aromatic rings. The first-order chi connectivity index (χ1) is 15.4. The van der Waals surface area contributed by atoms with Crippen LogP contribution in [0, 0.1) is 6.92 Å². The summed E-state index contributed by atoms with van der Waals surface area (Å²) in [5.41, 5.74) is 2.16. The molecule has 2 amide bonds. The molecule has 7 nitrogen and oxygen atoms in total. The SMILES string of the molecule is CC(=O)c1nn(CC(=O)N(C)C2CCCCCCCCCCNC2=O)c2ccc(C)cc12. The van der Waals surface area contributed by atoms with Crippen LogP contribution in [0.15, 0.2) is 18.2 Å². The second-order valence-electron chi connectivity index (χ2n) is 9.01. The zero-order valence-electron chi connectivity index (χ0n) is 19.7. The van der Waals surface area contributed by atoms with Gasteiger partial charge in [0.1, 0.15) is 18.3 Å². The van der Waals surface area contributed by atoms with E-state index in [-0.39, 0.29) is 24.1 Å². The zero-order valence-corrected chi connectivity index (χ0v) is 19.7. The molecule has 1 atom stereocenters. The van der Waals surface area contributed by atoms with E-state index in [1.807, 2.05) is 25.1 Å². The lowest BCUT2D eigenvalue weighted by atomic mass is 10.0. The van der Waals surface area contributed by atoms with Gasteiger partial charge in [-0.3, -0.25) is 19.1 Å². The van der Waals surface area contributed by atoms with E-state index in [0.29, 0.717) is 18.7 Å². The van der Waals surface area contributed by atoms with E-state index in [2.05, 4.69) is 10.4 Å². The van der Waals surface area contributed by atoms with Crippen LogP contribution in [0.1, 0.15) is 80.8 Å². The first-order valence-corrected chi connectivity index (χ1v) is 11.9. The van der Waals surface area contributed by atoms with E-state index >= 15 is 0 Å². The van der Waals surface area contributed by atoms with Crippen LogP contribution in [0.25, 0.3) is 10.9 Å². The summed E-state index contributed by atoms with van der Waals surface area (Å²) in [7, 11) is 1.70. The molecule has 0 bridgehead atoms. The van der Waals surface area contributed by atoms with Crippen molar-refractivity contribution in [1.82, 2.24) is 20.0 Å². The summed E-state index contributed by atoms with van der Waals surface area (Å²) in [6.07, 6.45) is 9.67. The number of fused-ring (bicyclic) bond motifs is 1. The molecule has 0 aliphatic carbocycles. The quantitative estimate of drug-likeness (QED) is 0.728. The summed E-state index contributed by atoms with van der Waals surface area (Å²) in [4.78, 5) is 39.7. The highest BCUT2D eigenvalue weighted by Gasteiger charge is 2.27. The standard InChI is InChI=1S/C25H36N4O3/c1-18-13-14-21-20(16-18)24(19(2)30)27-29(21)17-23(31)28(3)22-12-10-8-6-4-5-7-9-11-15-26-25(22)32/h13-14,16,22H,4-12,15,17H2,1-3H3,(H,26,32). The number of aryl methyl sites for hydroxylation is 1. The first kappa shape index (κ1) is 24.0. The summed E-state index contributed by atoms with van der Waals surface area (Å²) in [5, 5.41) is 8.21. The molecule has 1 aliphatic rings. The summed E-state index contributed by atoms with van der Waals surface area (Å²) in [5.74, 6) is -0.394. The van der Waals surface area contributed by atoms with Crippen molar-refractivity contribution >= 4 is 28.5 Å². The number of carbonyl (C=O) groups is 3. The highest BCUT2D eigenvalue weighted by molar-refractivity contribution is 6.05. The molecule has 0 spiro atoms. The molecule has 1 unspecified atom stereocenters. The lowest BCUT2D eigenvalue weighted by molar-refractivity contribution is -0.139. The number of rotatable bonds is 4. The number of hydrogen-bond acceptors (Lipinski definition) is 4. The van der Waals surface area contributed by atoms with Crippen molar-refractivity contribution in [2.24, 2.45) is 0 Å². The Labute approximate surface area is 190 Å². The molecule has 1 fully saturated rings. The summed E-state index contributed by atoms with van der Waals surface area (Å²) < 4.78 is 1.59. The van der Waals surface area contributed by atoms with Crippen LogP contribution in [0.3, 0.4) is 0 Å². The number of hydrogen-bond donors (Lipinski definition) is 1. The molecule has 3 rings (SSSR count). The van der Waals surface area contributed by atoms with Gasteiger partial charge in [0.15, 0.2) is 5.78 Å². The van der Waals surface area contributed by atoms with Crippen molar-refractivity contribution in [1.29, 1.82) is 0 Å². The maximum Gasteiger partial charge on any atom is 0.244 e. The number of ketones is 1. The van der Waals surface area contributed by atoms with Gasteiger partial charge in [0.05, 0.1) is 5.52 Å². The minimum Gasteiger partial charge on any atom is -0.354 e. The van der Waals surface area contributed by atoms with Gasteiger partial charge < -0.3 is 10.2 Å². The molecular formula is C25H36N4O3. The monoisotopic (exact) mass is 440 g/mol. The minimum atomic E-state index is -0.486. The van der Waals surface area contributed by atoms with E-state index < -0.39 is 6.04 Å². The van der Waals surface area contributed by atoms with Gasteiger partial charge in [0, 0.05) is 25.9 Å². The second kappa shape index (κ2) is 11.2. The third kappa shape index (κ3) is 5.96. The normalized spacial score (nSPS) is 18.8. The Morgan fingerprint density at radius 2 is 1.75 bits per heavy atom. The van der Waals surface area contributed by atoms with Crippen molar-refractivity contribution < 1.29 is 14.4 Å². The molecule has 0 saturated carbocycles. The van der Waals surface area contributed by atoms with E-state index in [0.717, 1.165) is 42.1 Å². The predicted octanol–water partition coefficient (Wildman–Crippen LogP) is 4.02. The lowest BCUT2D eigenvalue weighted by Gasteiger charge is -2.27.